The smallest absolute Gasteiger partial charge is 0.0768 e. The molecular formula is C30H68Cl2N2. The van der Waals surface area contributed by atoms with Crippen molar-refractivity contribution < 1.29 is 35.4 Å². The Morgan fingerprint density at radius 2 is 0.529 bits per heavy atom. The van der Waals surface area contributed by atoms with Crippen molar-refractivity contribution in [3.63, 3.8) is 0 Å². The number of quaternary nitrogens is 2. The molecule has 0 aromatic rings. The third-order valence-corrected chi connectivity index (χ3v) is 6.91. The highest BCUT2D eigenvalue weighted by Gasteiger charge is 2.02. The van der Waals surface area contributed by atoms with E-state index >= 15 is 0 Å². The maximum Gasteiger partial charge on any atom is 0.0768 e. The highest BCUT2D eigenvalue weighted by atomic mass is 35.5. The van der Waals surface area contributed by atoms with Crippen LogP contribution in [-0.2, 0) is 0 Å². The minimum Gasteiger partial charge on any atom is -1.00 e. The summed E-state index contributed by atoms with van der Waals surface area (Å²) in [5, 5.41) is 0. The predicted molar refractivity (Wildman–Crippen MR) is 148 cm³/mol. The zero-order chi connectivity index (χ0) is 24.0. The molecule has 0 amide bonds. The van der Waals surface area contributed by atoms with Crippen LogP contribution in [0.5, 0.6) is 0 Å². The van der Waals surface area contributed by atoms with Crippen LogP contribution >= 0.6 is 0 Å². The van der Waals surface area contributed by atoms with E-state index in [1.165, 1.54) is 167 Å². The molecule has 0 aliphatic rings. The number of hydrogen-bond donors (Lipinski definition) is 2. The Bertz CT molecular complexity index is 276. The zero-order valence-electron chi connectivity index (χ0n) is 24.3. The summed E-state index contributed by atoms with van der Waals surface area (Å²) in [4.78, 5) is 1.77. The molecule has 0 radical (unpaired) electrons. The maximum absolute atomic E-state index is 3.25. The normalized spacial score (nSPS) is 10.4. The fourth-order valence-electron chi connectivity index (χ4n) is 4.66. The van der Waals surface area contributed by atoms with Crippen molar-refractivity contribution in [1.82, 2.24) is 0 Å². The summed E-state index contributed by atoms with van der Waals surface area (Å²) in [6.07, 6.45) is 35.1. The van der Waals surface area contributed by atoms with Gasteiger partial charge in [-0.2, -0.15) is 0 Å². The first-order valence-corrected chi connectivity index (χ1v) is 15.3. The summed E-state index contributed by atoms with van der Waals surface area (Å²) in [7, 11) is 4.16. The molecule has 4 heteroatoms. The quantitative estimate of drug-likeness (QED) is 0.161. The molecular weight excluding hydrogens is 459 g/mol. The monoisotopic (exact) mass is 526 g/mol. The van der Waals surface area contributed by atoms with Crippen molar-refractivity contribution in [3.05, 3.63) is 0 Å². The molecule has 0 heterocycles. The van der Waals surface area contributed by atoms with E-state index in [4.69, 9.17) is 0 Å². The van der Waals surface area contributed by atoms with Crippen molar-refractivity contribution in [3.8, 4) is 0 Å². The Labute approximate surface area is 230 Å². The lowest BCUT2D eigenvalue weighted by Gasteiger charge is -2.13. The van der Waals surface area contributed by atoms with E-state index in [1.54, 1.807) is 11.9 Å². The van der Waals surface area contributed by atoms with Crippen molar-refractivity contribution in [2.45, 2.75) is 168 Å². The van der Waals surface area contributed by atoms with Crippen molar-refractivity contribution in [2.24, 2.45) is 0 Å². The molecule has 0 atom stereocenters. The second kappa shape index (κ2) is 40.7. The number of unbranched alkanes of at least 4 members (excludes halogenated alkanes) is 22. The van der Waals surface area contributed by atoms with Gasteiger partial charge in [-0.3, -0.25) is 0 Å². The molecule has 0 unspecified atom stereocenters. The Morgan fingerprint density at radius 3 is 0.735 bits per heavy atom. The molecule has 0 saturated heterocycles. The molecule has 0 fully saturated rings. The number of halogens is 2. The second-order valence-electron chi connectivity index (χ2n) is 10.2. The van der Waals surface area contributed by atoms with Crippen LogP contribution in [0, 0.1) is 0 Å². The highest BCUT2D eigenvalue weighted by molar-refractivity contribution is 4.50. The van der Waals surface area contributed by atoms with Crippen molar-refractivity contribution >= 4 is 0 Å². The summed E-state index contributed by atoms with van der Waals surface area (Å²) in [5.41, 5.74) is 3.25. The third kappa shape index (κ3) is 39.7. The average Bonchev–Trinajstić information content (AvgIpc) is 2.81. The van der Waals surface area contributed by atoms with Crippen LogP contribution in [0.4, 0.5) is 0 Å². The Kier molecular flexibility index (Phi) is 49.8. The second-order valence-corrected chi connectivity index (χ2v) is 10.2. The Balaban J connectivity index is -0.00000109. The van der Waals surface area contributed by atoms with Crippen LogP contribution in [0.25, 0.3) is 0 Å². The summed E-state index contributed by atoms with van der Waals surface area (Å²) >= 11 is 0. The molecule has 0 aliphatic heterocycles. The lowest BCUT2D eigenvalue weighted by Crippen LogP contribution is -3.09. The first kappa shape index (κ1) is 41.6. The van der Waals surface area contributed by atoms with Gasteiger partial charge in [-0.25, -0.2) is 0 Å². The first-order valence-electron chi connectivity index (χ1n) is 15.3. The van der Waals surface area contributed by atoms with E-state index in [0.29, 0.717) is 0 Å². The third-order valence-electron chi connectivity index (χ3n) is 6.91. The zero-order valence-corrected chi connectivity index (χ0v) is 25.9. The SMILES string of the molecule is CCCCCCCCCCCCCC[NH+](C)CCCCCCCCCCCCCC.C[NH3+].[Cl-].[Cl-]. The molecule has 0 aliphatic carbocycles. The van der Waals surface area contributed by atoms with Crippen LogP contribution < -0.4 is 35.4 Å². The minimum atomic E-state index is 0. The van der Waals surface area contributed by atoms with Crippen LogP contribution in [-0.4, -0.2) is 27.2 Å². The standard InChI is InChI=1S/C29H61N.CH5N.2ClH/c1-4-6-8-10-12-14-16-18-20-22-24-26-28-30(3)29-27-25-23-21-19-17-15-13-11-9-7-5-2;1-2;;/h4-29H2,1-3H3;2H2,1H3;2*1H. The average molecular weight is 528 g/mol. The van der Waals surface area contributed by atoms with Crippen molar-refractivity contribution in [1.29, 1.82) is 0 Å². The van der Waals surface area contributed by atoms with E-state index in [0.717, 1.165) is 0 Å². The van der Waals surface area contributed by atoms with Gasteiger partial charge < -0.3 is 35.4 Å². The molecule has 0 bridgehead atoms. The maximum atomic E-state index is 3.25. The molecule has 0 rings (SSSR count). The van der Waals surface area contributed by atoms with E-state index in [2.05, 4.69) is 26.6 Å². The van der Waals surface area contributed by atoms with Gasteiger partial charge >= 0.3 is 0 Å². The molecule has 0 saturated carbocycles. The Morgan fingerprint density at radius 1 is 0.353 bits per heavy atom. The van der Waals surface area contributed by atoms with Gasteiger partial charge in [0.15, 0.2) is 0 Å². The predicted octanol–water partition coefficient (Wildman–Crippen LogP) is 1.77. The van der Waals surface area contributed by atoms with Crippen LogP contribution in [0.1, 0.15) is 168 Å². The van der Waals surface area contributed by atoms with Crippen LogP contribution in [0.2, 0.25) is 0 Å². The van der Waals surface area contributed by atoms with E-state index in [-0.39, 0.29) is 24.8 Å². The topological polar surface area (TPSA) is 32.1 Å². The highest BCUT2D eigenvalue weighted by Crippen LogP contribution is 2.12. The van der Waals surface area contributed by atoms with E-state index in [1.807, 2.05) is 0 Å². The summed E-state index contributed by atoms with van der Waals surface area (Å²) in [6.45, 7) is 7.40. The molecule has 0 spiro atoms. The van der Waals surface area contributed by atoms with Gasteiger partial charge in [0.25, 0.3) is 0 Å². The molecule has 0 aromatic heterocycles. The largest absolute Gasteiger partial charge is 1.00 e. The van der Waals surface area contributed by atoms with Crippen LogP contribution in [0.15, 0.2) is 0 Å². The molecule has 2 nitrogen and oxygen atoms in total. The van der Waals surface area contributed by atoms with Gasteiger partial charge in [-0.1, -0.05) is 142 Å². The summed E-state index contributed by atoms with van der Waals surface area (Å²) < 4.78 is 0. The molecule has 4 N–H and O–H groups in total. The van der Waals surface area contributed by atoms with Crippen molar-refractivity contribution in [2.75, 3.05) is 27.2 Å². The fourth-order valence-corrected chi connectivity index (χ4v) is 4.66. The van der Waals surface area contributed by atoms with Gasteiger partial charge in [0, 0.05) is 0 Å². The van der Waals surface area contributed by atoms with Gasteiger partial charge in [-0.05, 0) is 25.7 Å². The Hall–Kier alpha value is 0.500. The van der Waals surface area contributed by atoms with Gasteiger partial charge in [0.2, 0.25) is 0 Å². The minimum absolute atomic E-state index is 0. The fraction of sp³-hybridized carbons (Fsp3) is 1.00. The van der Waals surface area contributed by atoms with Crippen LogP contribution in [0.3, 0.4) is 0 Å². The van der Waals surface area contributed by atoms with E-state index < -0.39 is 0 Å². The summed E-state index contributed by atoms with van der Waals surface area (Å²) in [5.74, 6) is 0. The molecule has 212 valence electrons. The van der Waals surface area contributed by atoms with Gasteiger partial charge in [-0.15, -0.1) is 0 Å². The number of nitrogens with one attached hydrogen (secondary N) is 1. The lowest BCUT2D eigenvalue weighted by atomic mass is 10.0. The molecule has 0 aromatic carbocycles. The van der Waals surface area contributed by atoms with Gasteiger partial charge in [0.1, 0.15) is 0 Å². The number of hydrogen-bond acceptors (Lipinski definition) is 0. The van der Waals surface area contributed by atoms with E-state index in [9.17, 15) is 0 Å². The van der Waals surface area contributed by atoms with Gasteiger partial charge in [0.05, 0.1) is 27.2 Å². The number of rotatable bonds is 26. The molecule has 34 heavy (non-hydrogen) atoms. The lowest BCUT2D eigenvalue weighted by molar-refractivity contribution is -0.880. The summed E-state index contributed by atoms with van der Waals surface area (Å²) in [6, 6.07) is 0. The first-order chi connectivity index (χ1) is 15.8.